The number of carbonyl (C=O) groups is 2. The van der Waals surface area contributed by atoms with Gasteiger partial charge >= 0.3 is 6.03 Å². The van der Waals surface area contributed by atoms with Gasteiger partial charge in [0.25, 0.3) is 0 Å². The molecule has 0 aliphatic rings. The molecule has 0 fully saturated rings. The smallest absolute Gasteiger partial charge is 0.321 e. The number of imide groups is 1. The first kappa shape index (κ1) is 17.3. The number of aromatic nitrogens is 2. The van der Waals surface area contributed by atoms with E-state index in [9.17, 15) is 9.59 Å². The van der Waals surface area contributed by atoms with Crippen molar-refractivity contribution in [1.29, 1.82) is 0 Å². The summed E-state index contributed by atoms with van der Waals surface area (Å²) in [4.78, 5) is 27.3. The average molecular weight is 395 g/mol. The zero-order chi connectivity index (χ0) is 16.7. The van der Waals surface area contributed by atoms with E-state index in [1.807, 2.05) is 35.0 Å². The maximum atomic E-state index is 11.7. The lowest BCUT2D eigenvalue weighted by Crippen LogP contribution is -2.40. The monoisotopic (exact) mass is 394 g/mol. The normalized spacial score (nSPS) is 10.1. The third-order valence-electron chi connectivity index (χ3n) is 2.70. The molecule has 2 N–H and O–H groups in total. The third-order valence-corrected chi connectivity index (χ3v) is 4.20. The van der Waals surface area contributed by atoms with Crippen molar-refractivity contribution in [3.05, 3.63) is 53.8 Å². The van der Waals surface area contributed by atoms with Crippen LogP contribution < -0.4 is 10.6 Å². The number of nitrogens with zero attached hydrogens (tertiary/aromatic N) is 2. The van der Waals surface area contributed by atoms with Gasteiger partial charge in [-0.3, -0.25) is 14.7 Å². The fraction of sp³-hybridized carbons (Fsp3) is 0.133. The summed E-state index contributed by atoms with van der Waals surface area (Å²) in [5.41, 5.74) is 0.942. The van der Waals surface area contributed by atoms with E-state index in [1.165, 1.54) is 17.8 Å². The summed E-state index contributed by atoms with van der Waals surface area (Å²) in [5.74, 6) is -0.295. The van der Waals surface area contributed by atoms with Gasteiger partial charge in [-0.15, -0.1) is 6.58 Å². The highest BCUT2D eigenvalue weighted by atomic mass is 79.9. The van der Waals surface area contributed by atoms with E-state index < -0.39 is 6.03 Å². The summed E-state index contributed by atoms with van der Waals surface area (Å²) >= 11 is 4.65. The van der Waals surface area contributed by atoms with Crippen LogP contribution in [0.1, 0.15) is 0 Å². The molecule has 0 spiro atoms. The van der Waals surface area contributed by atoms with Gasteiger partial charge in [0.2, 0.25) is 5.91 Å². The fourth-order valence-electron chi connectivity index (χ4n) is 1.70. The van der Waals surface area contributed by atoms with Crippen LogP contribution in [0, 0.1) is 0 Å². The van der Waals surface area contributed by atoms with E-state index in [0.717, 1.165) is 10.2 Å². The Labute approximate surface area is 146 Å². The van der Waals surface area contributed by atoms with Crippen molar-refractivity contribution >= 4 is 39.6 Å². The number of thioether (sulfide) groups is 1. The predicted octanol–water partition coefficient (Wildman–Crippen LogP) is 2.74. The Morgan fingerprint density at radius 2 is 2.09 bits per heavy atom. The van der Waals surface area contributed by atoms with Crippen molar-refractivity contribution in [2.75, 3.05) is 12.3 Å². The summed E-state index contributed by atoms with van der Waals surface area (Å²) in [6.45, 7) is 3.79. The topological polar surface area (TPSA) is 76.0 Å². The molecule has 8 heteroatoms. The number of rotatable bonds is 6. The van der Waals surface area contributed by atoms with Crippen LogP contribution in [0.2, 0.25) is 0 Å². The van der Waals surface area contributed by atoms with Crippen LogP contribution in [-0.2, 0) is 4.79 Å². The Morgan fingerprint density at radius 3 is 2.78 bits per heavy atom. The largest absolute Gasteiger partial charge is 0.334 e. The molecule has 0 unspecified atom stereocenters. The molecule has 2 aromatic rings. The number of benzene rings is 1. The van der Waals surface area contributed by atoms with Gasteiger partial charge in [0.05, 0.1) is 5.75 Å². The summed E-state index contributed by atoms with van der Waals surface area (Å²) in [5, 5.41) is 5.39. The summed E-state index contributed by atoms with van der Waals surface area (Å²) in [6.07, 6.45) is 5.02. The Kier molecular flexibility index (Phi) is 6.42. The molecule has 0 radical (unpaired) electrons. The van der Waals surface area contributed by atoms with Crippen molar-refractivity contribution in [2.45, 2.75) is 5.16 Å². The molecular formula is C15H15BrN4O2S. The molecule has 0 aliphatic carbocycles. The number of nitrogens with one attached hydrogen (secondary N) is 2. The van der Waals surface area contributed by atoms with Gasteiger partial charge in [0.15, 0.2) is 5.16 Å². The van der Waals surface area contributed by atoms with Crippen LogP contribution >= 0.6 is 27.7 Å². The van der Waals surface area contributed by atoms with E-state index in [-0.39, 0.29) is 11.7 Å². The molecule has 0 atom stereocenters. The fourth-order valence-corrected chi connectivity index (χ4v) is 2.73. The highest BCUT2D eigenvalue weighted by molar-refractivity contribution is 9.10. The number of carbonyl (C=O) groups excluding carboxylic acids is 2. The van der Waals surface area contributed by atoms with Gasteiger partial charge in [-0.2, -0.15) is 0 Å². The number of amides is 3. The Bertz CT molecular complexity index is 700. The first-order chi connectivity index (χ1) is 11.1. The third kappa shape index (κ3) is 5.26. The minimum atomic E-state index is -0.535. The second-order valence-electron chi connectivity index (χ2n) is 4.39. The number of halogens is 1. The lowest BCUT2D eigenvalue weighted by Gasteiger charge is -2.08. The molecule has 0 aliphatic heterocycles. The van der Waals surface area contributed by atoms with E-state index in [1.54, 1.807) is 6.20 Å². The van der Waals surface area contributed by atoms with Crippen LogP contribution in [0.4, 0.5) is 4.79 Å². The van der Waals surface area contributed by atoms with E-state index >= 15 is 0 Å². The standard InChI is InChI=1S/C15H15BrN4O2S/c1-2-7-17-14(22)19-13(21)10-23-15-18-8-9-20(15)12-5-3-11(16)4-6-12/h2-6,8-9H,1,7,10H2,(H2,17,19,21,22). The van der Waals surface area contributed by atoms with Crippen molar-refractivity contribution in [1.82, 2.24) is 20.2 Å². The number of imidazole rings is 1. The van der Waals surface area contributed by atoms with Crippen LogP contribution in [0.5, 0.6) is 0 Å². The van der Waals surface area contributed by atoms with Crippen LogP contribution in [0.25, 0.3) is 5.69 Å². The Hall–Kier alpha value is -2.06. The van der Waals surface area contributed by atoms with Crippen molar-refractivity contribution < 1.29 is 9.59 Å². The molecule has 6 nitrogen and oxygen atoms in total. The van der Waals surface area contributed by atoms with Gasteiger partial charge in [0.1, 0.15) is 0 Å². The van der Waals surface area contributed by atoms with E-state index in [2.05, 4.69) is 38.1 Å². The molecule has 0 bridgehead atoms. The summed E-state index contributed by atoms with van der Waals surface area (Å²) in [7, 11) is 0. The second-order valence-corrected chi connectivity index (χ2v) is 6.25. The first-order valence-electron chi connectivity index (χ1n) is 6.71. The van der Waals surface area contributed by atoms with Crippen molar-refractivity contribution in [3.63, 3.8) is 0 Å². The summed E-state index contributed by atoms with van der Waals surface area (Å²) in [6, 6.07) is 7.21. The molecule has 1 aromatic heterocycles. The lowest BCUT2D eigenvalue weighted by molar-refractivity contribution is -0.117. The highest BCUT2D eigenvalue weighted by Crippen LogP contribution is 2.21. The zero-order valence-electron chi connectivity index (χ0n) is 12.2. The Balaban J connectivity index is 1.93. The lowest BCUT2D eigenvalue weighted by atomic mass is 10.3. The van der Waals surface area contributed by atoms with Crippen LogP contribution in [-0.4, -0.2) is 33.8 Å². The summed E-state index contributed by atoms with van der Waals surface area (Å²) < 4.78 is 2.86. The van der Waals surface area contributed by atoms with Crippen molar-refractivity contribution in [3.8, 4) is 5.69 Å². The molecule has 3 amide bonds. The van der Waals surface area contributed by atoms with E-state index in [0.29, 0.717) is 11.7 Å². The van der Waals surface area contributed by atoms with Gasteiger partial charge < -0.3 is 5.32 Å². The predicted molar refractivity (Wildman–Crippen MR) is 93.7 cm³/mol. The average Bonchev–Trinajstić information content (AvgIpc) is 3.00. The molecule has 1 heterocycles. The molecular weight excluding hydrogens is 380 g/mol. The minimum absolute atomic E-state index is 0.0923. The number of hydrogen-bond acceptors (Lipinski definition) is 4. The van der Waals surface area contributed by atoms with Gasteiger partial charge in [-0.1, -0.05) is 33.8 Å². The maximum absolute atomic E-state index is 11.7. The molecule has 0 saturated heterocycles. The minimum Gasteiger partial charge on any atom is -0.334 e. The Morgan fingerprint density at radius 1 is 1.35 bits per heavy atom. The highest BCUT2D eigenvalue weighted by Gasteiger charge is 2.11. The van der Waals surface area contributed by atoms with Crippen LogP contribution in [0.15, 0.2) is 58.9 Å². The first-order valence-corrected chi connectivity index (χ1v) is 8.48. The number of hydrogen-bond donors (Lipinski definition) is 2. The second kappa shape index (κ2) is 8.54. The number of urea groups is 1. The molecule has 2 rings (SSSR count). The zero-order valence-corrected chi connectivity index (χ0v) is 14.6. The van der Waals surface area contributed by atoms with E-state index in [4.69, 9.17) is 0 Å². The SMILES string of the molecule is C=CCNC(=O)NC(=O)CSc1nccn1-c1ccc(Br)cc1. The molecule has 23 heavy (non-hydrogen) atoms. The van der Waals surface area contributed by atoms with Crippen molar-refractivity contribution in [2.24, 2.45) is 0 Å². The van der Waals surface area contributed by atoms with Crippen LogP contribution in [0.3, 0.4) is 0 Å². The molecule has 1 aromatic carbocycles. The van der Waals surface area contributed by atoms with Gasteiger partial charge in [0, 0.05) is 29.1 Å². The molecule has 0 saturated carbocycles. The van der Waals surface area contributed by atoms with Gasteiger partial charge in [-0.25, -0.2) is 9.78 Å². The molecule has 120 valence electrons. The van der Waals surface area contributed by atoms with Gasteiger partial charge in [-0.05, 0) is 24.3 Å². The maximum Gasteiger partial charge on any atom is 0.321 e. The quantitative estimate of drug-likeness (QED) is 0.583.